The second-order valence-electron chi connectivity index (χ2n) is 5.76. The first-order chi connectivity index (χ1) is 13.1. The number of nitrogens with zero attached hydrogens (tertiary/aromatic N) is 4. The lowest BCUT2D eigenvalue weighted by Gasteiger charge is -1.99. The van der Waals surface area contributed by atoms with Crippen LogP contribution < -0.4 is 0 Å². The van der Waals surface area contributed by atoms with Crippen molar-refractivity contribution >= 4 is 41.4 Å². The van der Waals surface area contributed by atoms with Gasteiger partial charge in [-0.15, -0.1) is 11.3 Å². The number of aryl methyl sites for hydroxylation is 1. The van der Waals surface area contributed by atoms with Crippen molar-refractivity contribution in [1.29, 1.82) is 0 Å². The first-order valence-electron chi connectivity index (χ1n) is 8.12. The lowest BCUT2D eigenvalue weighted by atomic mass is 10.2. The Hall–Kier alpha value is -2.61. The smallest absolute Gasteiger partial charge is 0.216 e. The molecule has 4 rings (SSSR count). The fourth-order valence-corrected chi connectivity index (χ4v) is 3.99. The van der Waals surface area contributed by atoms with Crippen LogP contribution in [0.3, 0.4) is 0 Å². The summed E-state index contributed by atoms with van der Waals surface area (Å²) in [4.78, 5) is 5.61. The molecular formula is C19H14ClN5S2. The lowest BCUT2D eigenvalue weighted by Crippen LogP contribution is -1.95. The maximum atomic E-state index is 6.03. The van der Waals surface area contributed by atoms with E-state index in [2.05, 4.69) is 20.3 Å². The Morgan fingerprint density at radius 2 is 2.00 bits per heavy atom. The van der Waals surface area contributed by atoms with Crippen LogP contribution >= 0.6 is 35.2 Å². The van der Waals surface area contributed by atoms with E-state index in [0.29, 0.717) is 15.6 Å². The second-order valence-corrected chi connectivity index (χ2v) is 7.59. The summed E-state index contributed by atoms with van der Waals surface area (Å²) in [7, 11) is 0. The van der Waals surface area contributed by atoms with Crippen LogP contribution in [-0.2, 0) is 0 Å². The predicted molar refractivity (Wildman–Crippen MR) is 113 cm³/mol. The van der Waals surface area contributed by atoms with Crippen molar-refractivity contribution in [2.75, 3.05) is 0 Å². The number of thiazole rings is 1. The van der Waals surface area contributed by atoms with E-state index in [1.165, 1.54) is 0 Å². The fraction of sp³-hybridized carbons (Fsp3) is 0.0526. The third-order valence-electron chi connectivity index (χ3n) is 3.84. The van der Waals surface area contributed by atoms with Crippen molar-refractivity contribution < 1.29 is 0 Å². The molecule has 0 bridgehead atoms. The normalized spacial score (nSPS) is 11.3. The van der Waals surface area contributed by atoms with Gasteiger partial charge in [-0.05, 0) is 36.8 Å². The summed E-state index contributed by atoms with van der Waals surface area (Å²) in [6, 6.07) is 17.5. The molecule has 0 radical (unpaired) electrons. The van der Waals surface area contributed by atoms with E-state index in [4.69, 9.17) is 23.8 Å². The molecule has 2 heterocycles. The summed E-state index contributed by atoms with van der Waals surface area (Å²) < 4.78 is 2.02. The van der Waals surface area contributed by atoms with Gasteiger partial charge < -0.3 is 0 Å². The molecule has 0 aliphatic carbocycles. The number of benzene rings is 2. The van der Waals surface area contributed by atoms with Gasteiger partial charge in [0.1, 0.15) is 5.01 Å². The van der Waals surface area contributed by atoms with Gasteiger partial charge in [-0.1, -0.05) is 54.1 Å². The Morgan fingerprint density at radius 3 is 2.78 bits per heavy atom. The van der Waals surface area contributed by atoms with Crippen molar-refractivity contribution in [1.82, 2.24) is 19.9 Å². The number of hydrogen-bond acceptors (Lipinski definition) is 5. The number of nitrogens with one attached hydrogen (secondary N) is 1. The summed E-state index contributed by atoms with van der Waals surface area (Å²) >= 11 is 12.9. The predicted octanol–water partition coefficient (Wildman–Crippen LogP) is 5.58. The number of hydrogen-bond donors (Lipinski definition) is 1. The van der Waals surface area contributed by atoms with E-state index >= 15 is 0 Å². The number of H-pyrrole nitrogens is 1. The van der Waals surface area contributed by atoms with Gasteiger partial charge >= 0.3 is 0 Å². The Bertz CT molecular complexity index is 1170. The molecule has 0 saturated carbocycles. The zero-order valence-electron chi connectivity index (χ0n) is 14.3. The summed E-state index contributed by atoms with van der Waals surface area (Å²) in [5.41, 5.74) is 2.83. The molecule has 5 nitrogen and oxygen atoms in total. The lowest BCUT2D eigenvalue weighted by molar-refractivity contribution is 0.872. The van der Waals surface area contributed by atoms with Crippen molar-refractivity contribution in [2.45, 2.75) is 6.92 Å². The van der Waals surface area contributed by atoms with Crippen LogP contribution in [0.15, 0.2) is 59.7 Å². The number of aromatic nitrogens is 4. The van der Waals surface area contributed by atoms with Gasteiger partial charge in [0, 0.05) is 10.6 Å². The van der Waals surface area contributed by atoms with Gasteiger partial charge in [0.05, 0.1) is 16.8 Å². The van der Waals surface area contributed by atoms with Gasteiger partial charge in [0.25, 0.3) is 0 Å². The Labute approximate surface area is 170 Å². The molecule has 0 unspecified atom stereocenters. The highest BCUT2D eigenvalue weighted by Crippen LogP contribution is 2.34. The van der Waals surface area contributed by atoms with Crippen LogP contribution in [0.1, 0.15) is 11.3 Å². The average Bonchev–Trinajstić information content (AvgIpc) is 3.23. The summed E-state index contributed by atoms with van der Waals surface area (Å²) in [5.74, 6) is 0.635. The molecule has 1 N–H and O–H groups in total. The minimum atomic E-state index is 0.414. The zero-order chi connectivity index (χ0) is 18.8. The molecule has 8 heteroatoms. The van der Waals surface area contributed by atoms with Gasteiger partial charge in [-0.3, -0.25) is 0 Å². The highest BCUT2D eigenvalue weighted by atomic mass is 35.5. The van der Waals surface area contributed by atoms with Crippen LogP contribution in [0.5, 0.6) is 0 Å². The summed E-state index contributed by atoms with van der Waals surface area (Å²) in [6.07, 6.45) is 1.70. The minimum Gasteiger partial charge on any atom is -0.250 e. The molecule has 0 fully saturated rings. The van der Waals surface area contributed by atoms with Crippen LogP contribution in [0.25, 0.3) is 21.3 Å². The molecule has 2 aromatic carbocycles. The molecule has 0 saturated heterocycles. The minimum absolute atomic E-state index is 0.414. The van der Waals surface area contributed by atoms with Crippen LogP contribution in [0.2, 0.25) is 5.02 Å². The van der Waals surface area contributed by atoms with Crippen molar-refractivity contribution in [3.63, 3.8) is 0 Å². The second kappa shape index (κ2) is 7.56. The van der Waals surface area contributed by atoms with Crippen molar-refractivity contribution in [3.8, 4) is 21.3 Å². The Kier molecular flexibility index (Phi) is 4.98. The first kappa shape index (κ1) is 17.8. The third kappa shape index (κ3) is 3.75. The van der Waals surface area contributed by atoms with Gasteiger partial charge in [0.2, 0.25) is 4.77 Å². The molecule has 0 atom stereocenters. The van der Waals surface area contributed by atoms with Crippen molar-refractivity contribution in [2.24, 2.45) is 5.10 Å². The van der Waals surface area contributed by atoms with Gasteiger partial charge in [0.15, 0.2) is 5.82 Å². The maximum Gasteiger partial charge on any atom is 0.216 e. The van der Waals surface area contributed by atoms with Crippen LogP contribution in [0, 0.1) is 11.7 Å². The van der Waals surface area contributed by atoms with E-state index in [-0.39, 0.29) is 0 Å². The molecule has 0 aliphatic rings. The number of aromatic amines is 1. The largest absolute Gasteiger partial charge is 0.250 e. The summed E-state index contributed by atoms with van der Waals surface area (Å²) in [5, 5.41) is 13.3. The Balaban J connectivity index is 1.74. The van der Waals surface area contributed by atoms with E-state index in [1.54, 1.807) is 22.2 Å². The van der Waals surface area contributed by atoms with E-state index in [9.17, 15) is 0 Å². The monoisotopic (exact) mass is 411 g/mol. The first-order valence-corrected chi connectivity index (χ1v) is 9.72. The molecular weight excluding hydrogens is 398 g/mol. The van der Waals surface area contributed by atoms with Gasteiger partial charge in [-0.2, -0.15) is 14.9 Å². The molecule has 27 heavy (non-hydrogen) atoms. The fourth-order valence-electron chi connectivity index (χ4n) is 2.57. The number of halogens is 1. The standard InChI is InChI=1S/C19H14ClN5S2/c1-12-16(27-18(22-12)14-7-3-2-4-8-14)17-23-24-19(26)25(17)21-11-13-6-5-9-15(20)10-13/h2-11H,1H3,(H,24,26)/b21-11+. The maximum absolute atomic E-state index is 6.03. The van der Waals surface area contributed by atoms with Crippen LogP contribution in [-0.4, -0.2) is 26.1 Å². The summed E-state index contributed by atoms with van der Waals surface area (Å²) in [6.45, 7) is 1.96. The third-order valence-corrected chi connectivity index (χ3v) is 5.54. The molecule has 134 valence electrons. The van der Waals surface area contributed by atoms with E-state index in [1.807, 2.05) is 61.5 Å². The Morgan fingerprint density at radius 1 is 1.19 bits per heavy atom. The SMILES string of the molecule is Cc1nc(-c2ccccc2)sc1-c1n[nH]c(=S)n1/N=C/c1cccc(Cl)c1. The molecule has 0 spiro atoms. The van der Waals surface area contributed by atoms with Crippen LogP contribution in [0.4, 0.5) is 0 Å². The highest BCUT2D eigenvalue weighted by molar-refractivity contribution is 7.71. The average molecular weight is 412 g/mol. The zero-order valence-corrected chi connectivity index (χ0v) is 16.6. The molecule has 2 aromatic heterocycles. The molecule has 0 aliphatic heterocycles. The van der Waals surface area contributed by atoms with E-state index in [0.717, 1.165) is 26.7 Å². The quantitative estimate of drug-likeness (QED) is 0.352. The number of rotatable bonds is 4. The van der Waals surface area contributed by atoms with E-state index < -0.39 is 0 Å². The highest BCUT2D eigenvalue weighted by Gasteiger charge is 2.17. The molecule has 0 amide bonds. The topological polar surface area (TPSA) is 58.9 Å². The molecule has 4 aromatic rings. The van der Waals surface area contributed by atoms with Crippen molar-refractivity contribution in [3.05, 3.63) is 75.6 Å². The van der Waals surface area contributed by atoms with Gasteiger partial charge in [-0.25, -0.2) is 10.1 Å².